The third-order valence-electron chi connectivity index (χ3n) is 5.19. The Morgan fingerprint density at radius 3 is 2.48 bits per heavy atom. The summed E-state index contributed by atoms with van der Waals surface area (Å²) in [6, 6.07) is 6.86. The van der Waals surface area contributed by atoms with Crippen LogP contribution in [0.5, 0.6) is 5.75 Å². The van der Waals surface area contributed by atoms with E-state index in [0.29, 0.717) is 43.4 Å². The van der Waals surface area contributed by atoms with Gasteiger partial charge < -0.3 is 15.0 Å². The molecule has 1 aromatic carbocycles. The quantitative estimate of drug-likeness (QED) is 0.571. The first-order chi connectivity index (χ1) is 12.9. The maximum atomic E-state index is 12.9. The van der Waals surface area contributed by atoms with E-state index in [1.807, 2.05) is 0 Å². The van der Waals surface area contributed by atoms with Gasteiger partial charge in [0.2, 0.25) is 0 Å². The molecule has 0 saturated carbocycles. The lowest BCUT2D eigenvalue weighted by molar-refractivity contribution is -0.133. The van der Waals surface area contributed by atoms with Crippen LogP contribution in [-0.2, 0) is 4.79 Å². The molecule has 0 bridgehead atoms. The molecule has 27 heavy (non-hydrogen) atoms. The number of hydrogen-bond acceptors (Lipinski definition) is 4. The zero-order valence-corrected chi connectivity index (χ0v) is 16.8. The van der Waals surface area contributed by atoms with E-state index in [0.717, 1.165) is 25.4 Å². The molecule has 3 amide bonds. The van der Waals surface area contributed by atoms with Gasteiger partial charge in [0.1, 0.15) is 11.3 Å². The predicted molar refractivity (Wildman–Crippen MR) is 105 cm³/mol. The van der Waals surface area contributed by atoms with Crippen molar-refractivity contribution in [1.29, 1.82) is 0 Å². The number of carbonyl (C=O) groups is 2. The van der Waals surface area contributed by atoms with Crippen LogP contribution >= 0.6 is 11.6 Å². The second kappa shape index (κ2) is 8.48. The normalized spacial score (nSPS) is 19.8. The van der Waals surface area contributed by atoms with E-state index in [4.69, 9.17) is 16.3 Å². The van der Waals surface area contributed by atoms with Gasteiger partial charge in [-0.1, -0.05) is 25.4 Å². The zero-order valence-electron chi connectivity index (χ0n) is 16.0. The van der Waals surface area contributed by atoms with Crippen molar-refractivity contribution in [2.45, 2.75) is 38.6 Å². The Morgan fingerprint density at radius 1 is 1.19 bits per heavy atom. The molecule has 7 heteroatoms. The Kier molecular flexibility index (Phi) is 6.27. The molecule has 0 aromatic heterocycles. The number of halogens is 1. The van der Waals surface area contributed by atoms with Gasteiger partial charge in [0.15, 0.2) is 0 Å². The first-order valence-electron chi connectivity index (χ1n) is 9.64. The summed E-state index contributed by atoms with van der Waals surface area (Å²) in [6.45, 7) is 7.92. The third-order valence-corrected chi connectivity index (χ3v) is 5.44. The largest absolute Gasteiger partial charge is 0.494 e. The Labute approximate surface area is 165 Å². The van der Waals surface area contributed by atoms with E-state index in [-0.39, 0.29) is 11.9 Å². The summed E-state index contributed by atoms with van der Waals surface area (Å²) in [6.07, 6.45) is 1.96. The Morgan fingerprint density at radius 2 is 1.85 bits per heavy atom. The van der Waals surface area contributed by atoms with Gasteiger partial charge in [-0.15, -0.1) is 0 Å². The van der Waals surface area contributed by atoms with Crippen LogP contribution in [0.4, 0.5) is 4.79 Å². The van der Waals surface area contributed by atoms with Gasteiger partial charge in [-0.3, -0.25) is 9.69 Å². The minimum atomic E-state index is -0.707. The maximum Gasteiger partial charge on any atom is 0.325 e. The highest BCUT2D eigenvalue weighted by molar-refractivity contribution is 6.30. The van der Waals surface area contributed by atoms with Crippen LogP contribution < -0.4 is 10.1 Å². The molecule has 0 radical (unpaired) electrons. The summed E-state index contributed by atoms with van der Waals surface area (Å²) in [5.74, 6) is 1.25. The van der Waals surface area contributed by atoms with Crippen molar-refractivity contribution in [1.82, 2.24) is 15.1 Å². The fourth-order valence-electron chi connectivity index (χ4n) is 3.80. The molecule has 2 aliphatic rings. The van der Waals surface area contributed by atoms with E-state index < -0.39 is 5.54 Å². The number of amides is 3. The Bertz CT molecular complexity index is 670. The predicted octanol–water partition coefficient (Wildman–Crippen LogP) is 3.15. The summed E-state index contributed by atoms with van der Waals surface area (Å²) in [4.78, 5) is 29.0. The van der Waals surface area contributed by atoms with Gasteiger partial charge in [0.05, 0.1) is 6.61 Å². The topological polar surface area (TPSA) is 61.9 Å². The van der Waals surface area contributed by atoms with Crippen LogP contribution in [0.25, 0.3) is 0 Å². The van der Waals surface area contributed by atoms with Crippen LogP contribution in [0.3, 0.4) is 0 Å². The number of benzene rings is 1. The number of imide groups is 1. The lowest BCUT2D eigenvalue weighted by Gasteiger charge is -2.37. The minimum Gasteiger partial charge on any atom is -0.494 e. The molecular formula is C20H28ClN3O3. The average Bonchev–Trinajstić information content (AvgIpc) is 2.86. The molecule has 2 saturated heterocycles. The van der Waals surface area contributed by atoms with Crippen molar-refractivity contribution >= 4 is 23.5 Å². The summed E-state index contributed by atoms with van der Waals surface area (Å²) >= 11 is 5.85. The van der Waals surface area contributed by atoms with Crippen LogP contribution in [0, 0.1) is 5.92 Å². The first-order valence-corrected chi connectivity index (χ1v) is 10.0. The van der Waals surface area contributed by atoms with E-state index in [2.05, 4.69) is 24.1 Å². The lowest BCUT2D eigenvalue weighted by Crippen LogP contribution is -2.55. The summed E-state index contributed by atoms with van der Waals surface area (Å²) in [7, 11) is 0. The maximum absolute atomic E-state index is 12.9. The molecule has 2 aliphatic heterocycles. The van der Waals surface area contributed by atoms with Gasteiger partial charge in [-0.25, -0.2) is 4.79 Å². The van der Waals surface area contributed by atoms with Gasteiger partial charge in [0.25, 0.3) is 5.91 Å². The highest BCUT2D eigenvalue weighted by Crippen LogP contribution is 2.30. The SMILES string of the molecule is CC(C)CN1CCC2(CC1)NC(=O)N(CCCOc1ccc(Cl)cc1)C2=O. The molecule has 6 nitrogen and oxygen atoms in total. The van der Waals surface area contributed by atoms with Crippen molar-refractivity contribution in [2.24, 2.45) is 5.92 Å². The lowest BCUT2D eigenvalue weighted by atomic mass is 9.87. The fraction of sp³-hybridized carbons (Fsp3) is 0.600. The van der Waals surface area contributed by atoms with Gasteiger partial charge in [-0.2, -0.15) is 0 Å². The molecule has 2 heterocycles. The number of likely N-dealkylation sites (tertiary alicyclic amines) is 1. The van der Waals surface area contributed by atoms with Gasteiger partial charge in [-0.05, 0) is 49.4 Å². The first kappa shape index (κ1) is 20.0. The molecule has 0 aliphatic carbocycles. The number of hydrogen-bond donors (Lipinski definition) is 1. The summed E-state index contributed by atoms with van der Waals surface area (Å²) in [5, 5.41) is 3.62. The van der Waals surface area contributed by atoms with Crippen LogP contribution in [0.15, 0.2) is 24.3 Å². The van der Waals surface area contributed by atoms with Crippen molar-refractivity contribution in [3.63, 3.8) is 0 Å². The number of piperidine rings is 1. The average molecular weight is 394 g/mol. The van der Waals surface area contributed by atoms with E-state index >= 15 is 0 Å². The Hall–Kier alpha value is -1.79. The number of nitrogens with zero attached hydrogens (tertiary/aromatic N) is 2. The molecule has 0 atom stereocenters. The molecule has 148 valence electrons. The molecule has 3 rings (SSSR count). The number of ether oxygens (including phenoxy) is 1. The van der Waals surface area contributed by atoms with Gasteiger partial charge in [0, 0.05) is 31.2 Å². The van der Waals surface area contributed by atoms with Crippen molar-refractivity contribution < 1.29 is 14.3 Å². The Balaban J connectivity index is 1.47. The summed E-state index contributed by atoms with van der Waals surface area (Å²) in [5.41, 5.74) is -0.707. The number of rotatable bonds is 7. The molecule has 1 N–H and O–H groups in total. The zero-order chi connectivity index (χ0) is 19.4. The molecule has 1 spiro atoms. The van der Waals surface area contributed by atoms with Crippen LogP contribution in [0.1, 0.15) is 33.1 Å². The van der Waals surface area contributed by atoms with Crippen molar-refractivity contribution in [2.75, 3.05) is 32.8 Å². The summed E-state index contributed by atoms with van der Waals surface area (Å²) < 4.78 is 5.64. The van der Waals surface area contributed by atoms with Crippen molar-refractivity contribution in [3.05, 3.63) is 29.3 Å². The fourth-order valence-corrected chi connectivity index (χ4v) is 3.92. The molecule has 2 fully saturated rings. The third kappa shape index (κ3) is 4.74. The second-order valence-corrected chi connectivity index (χ2v) is 8.26. The number of carbonyl (C=O) groups excluding carboxylic acids is 2. The smallest absolute Gasteiger partial charge is 0.325 e. The number of nitrogens with one attached hydrogen (secondary N) is 1. The number of urea groups is 1. The van der Waals surface area contributed by atoms with E-state index in [9.17, 15) is 9.59 Å². The van der Waals surface area contributed by atoms with Crippen molar-refractivity contribution in [3.8, 4) is 5.75 Å². The molecule has 0 unspecified atom stereocenters. The van der Waals surface area contributed by atoms with Gasteiger partial charge >= 0.3 is 6.03 Å². The monoisotopic (exact) mass is 393 g/mol. The highest BCUT2D eigenvalue weighted by atomic mass is 35.5. The highest BCUT2D eigenvalue weighted by Gasteiger charge is 2.51. The molecule has 1 aromatic rings. The molecular weight excluding hydrogens is 366 g/mol. The minimum absolute atomic E-state index is 0.0804. The van der Waals surface area contributed by atoms with Crippen LogP contribution in [0.2, 0.25) is 5.02 Å². The standard InChI is InChI=1S/C20H28ClN3O3/c1-15(2)14-23-11-8-20(9-12-23)18(25)24(19(26)22-20)10-3-13-27-17-6-4-16(21)5-7-17/h4-7,15H,3,8-14H2,1-2H3,(H,22,26). The van der Waals surface area contributed by atoms with E-state index in [1.165, 1.54) is 4.90 Å². The second-order valence-electron chi connectivity index (χ2n) is 7.82. The van der Waals surface area contributed by atoms with E-state index in [1.54, 1.807) is 24.3 Å². The van der Waals surface area contributed by atoms with Crippen LogP contribution in [-0.4, -0.2) is 60.1 Å².